The Morgan fingerprint density at radius 1 is 0.926 bits per heavy atom. The molecular weight excluding hydrogens is 340 g/mol. The van der Waals surface area contributed by atoms with Crippen molar-refractivity contribution >= 4 is 23.2 Å². The van der Waals surface area contributed by atoms with Crippen LogP contribution < -0.4 is 5.32 Å². The predicted molar refractivity (Wildman–Crippen MR) is 106 cm³/mol. The zero-order valence-corrected chi connectivity index (χ0v) is 16.1. The van der Waals surface area contributed by atoms with Crippen molar-refractivity contribution in [1.29, 1.82) is 0 Å². The number of carbonyl (C=O) groups excluding carboxylic acids is 2. The zero-order chi connectivity index (χ0) is 19.4. The molecule has 6 heteroatoms. The van der Waals surface area contributed by atoms with Crippen molar-refractivity contribution in [3.05, 3.63) is 53.9 Å². The minimum Gasteiger partial charge on any atom is -0.354 e. The van der Waals surface area contributed by atoms with Crippen molar-refractivity contribution < 1.29 is 9.59 Å². The molecule has 0 unspecified atom stereocenters. The number of aromatic nitrogens is 1. The normalized spacial score (nSPS) is 14.4. The van der Waals surface area contributed by atoms with E-state index in [1.165, 1.54) is 5.56 Å². The number of benzene rings is 1. The van der Waals surface area contributed by atoms with Crippen molar-refractivity contribution in [2.75, 3.05) is 31.5 Å². The minimum atomic E-state index is -0.0916. The summed E-state index contributed by atoms with van der Waals surface area (Å²) in [6.07, 6.45) is 1.68. The fourth-order valence-electron chi connectivity index (χ4n) is 3.10. The fourth-order valence-corrected chi connectivity index (χ4v) is 3.10. The Morgan fingerprint density at radius 3 is 2.04 bits per heavy atom. The van der Waals surface area contributed by atoms with Gasteiger partial charge in [-0.2, -0.15) is 0 Å². The highest BCUT2D eigenvalue weighted by atomic mass is 16.2. The first-order valence-electron chi connectivity index (χ1n) is 9.32. The maximum atomic E-state index is 12.6. The number of nitrogens with zero attached hydrogens (tertiary/aromatic N) is 3. The molecule has 27 heavy (non-hydrogen) atoms. The van der Waals surface area contributed by atoms with Crippen LogP contribution in [0.5, 0.6) is 0 Å². The molecule has 6 nitrogen and oxygen atoms in total. The molecule has 0 atom stereocenters. The van der Waals surface area contributed by atoms with Gasteiger partial charge in [-0.1, -0.05) is 26.0 Å². The number of rotatable bonds is 4. The highest BCUT2D eigenvalue weighted by Crippen LogP contribution is 2.20. The third kappa shape index (κ3) is 4.64. The van der Waals surface area contributed by atoms with Gasteiger partial charge in [0.2, 0.25) is 5.91 Å². The Morgan fingerprint density at radius 2 is 1.52 bits per heavy atom. The second kappa shape index (κ2) is 8.20. The molecule has 1 fully saturated rings. The molecule has 1 aliphatic heterocycles. The molecule has 142 valence electrons. The summed E-state index contributed by atoms with van der Waals surface area (Å²) in [5.41, 5.74) is 3.54. The average Bonchev–Trinajstić information content (AvgIpc) is 2.68. The second-order valence-electron chi connectivity index (χ2n) is 7.13. The Hall–Kier alpha value is -2.89. The number of hydrogen-bond donors (Lipinski definition) is 1. The molecule has 1 aliphatic rings. The molecule has 0 spiro atoms. The van der Waals surface area contributed by atoms with Gasteiger partial charge in [0.15, 0.2) is 0 Å². The highest BCUT2D eigenvalue weighted by Gasteiger charge is 2.23. The largest absolute Gasteiger partial charge is 0.354 e. The monoisotopic (exact) mass is 366 g/mol. The van der Waals surface area contributed by atoms with Gasteiger partial charge in [0.05, 0.1) is 11.9 Å². The summed E-state index contributed by atoms with van der Waals surface area (Å²) in [7, 11) is 0. The standard InChI is InChI=1S/C21H26N4O2/c1-15(2)17-4-6-18(7-5-17)23-19-8-9-20(22-14-19)21(27)25-12-10-24(11-13-25)16(3)26/h4-9,14-15,23H,10-13H2,1-3H3. The molecule has 0 aliphatic carbocycles. The molecule has 1 aromatic carbocycles. The lowest BCUT2D eigenvalue weighted by molar-refractivity contribution is -0.130. The lowest BCUT2D eigenvalue weighted by atomic mass is 10.0. The molecular formula is C21H26N4O2. The van der Waals surface area contributed by atoms with E-state index in [1.54, 1.807) is 29.0 Å². The average molecular weight is 366 g/mol. The van der Waals surface area contributed by atoms with Crippen LogP contribution in [0.1, 0.15) is 42.7 Å². The Kier molecular flexibility index (Phi) is 5.74. The maximum absolute atomic E-state index is 12.6. The summed E-state index contributed by atoms with van der Waals surface area (Å²) < 4.78 is 0. The van der Waals surface area contributed by atoms with Crippen molar-refractivity contribution in [1.82, 2.24) is 14.8 Å². The van der Waals surface area contributed by atoms with Crippen LogP contribution >= 0.6 is 0 Å². The van der Waals surface area contributed by atoms with E-state index in [9.17, 15) is 9.59 Å². The van der Waals surface area contributed by atoms with E-state index in [2.05, 4.69) is 36.3 Å². The van der Waals surface area contributed by atoms with Gasteiger partial charge in [0.25, 0.3) is 5.91 Å². The summed E-state index contributed by atoms with van der Waals surface area (Å²) in [5.74, 6) is 0.464. The van der Waals surface area contributed by atoms with Crippen molar-refractivity contribution in [2.45, 2.75) is 26.7 Å². The number of pyridine rings is 1. The van der Waals surface area contributed by atoms with Crippen LogP contribution in [0.25, 0.3) is 0 Å². The van der Waals surface area contributed by atoms with E-state index in [1.807, 2.05) is 18.2 Å². The number of nitrogens with one attached hydrogen (secondary N) is 1. The molecule has 2 aromatic rings. The van der Waals surface area contributed by atoms with Crippen LogP contribution in [0.4, 0.5) is 11.4 Å². The molecule has 2 heterocycles. The third-order valence-electron chi connectivity index (χ3n) is 4.86. The summed E-state index contributed by atoms with van der Waals surface area (Å²) in [6.45, 7) is 8.13. The number of amides is 2. The van der Waals surface area contributed by atoms with E-state index < -0.39 is 0 Å². The Balaban J connectivity index is 1.60. The van der Waals surface area contributed by atoms with Gasteiger partial charge in [-0.25, -0.2) is 4.98 Å². The zero-order valence-electron chi connectivity index (χ0n) is 16.1. The highest BCUT2D eigenvalue weighted by molar-refractivity contribution is 5.92. The van der Waals surface area contributed by atoms with Crippen LogP contribution in [0.3, 0.4) is 0 Å². The van der Waals surface area contributed by atoms with Gasteiger partial charge < -0.3 is 15.1 Å². The predicted octanol–water partition coefficient (Wildman–Crippen LogP) is 3.25. The molecule has 1 N–H and O–H groups in total. The topological polar surface area (TPSA) is 65.5 Å². The quantitative estimate of drug-likeness (QED) is 0.902. The van der Waals surface area contributed by atoms with Crippen LogP contribution in [-0.2, 0) is 4.79 Å². The summed E-state index contributed by atoms with van der Waals surface area (Å²) in [5, 5.41) is 3.30. The van der Waals surface area contributed by atoms with Gasteiger partial charge in [-0.05, 0) is 35.7 Å². The SMILES string of the molecule is CC(=O)N1CCN(C(=O)c2ccc(Nc3ccc(C(C)C)cc3)cn2)CC1. The van der Waals surface area contributed by atoms with E-state index in [0.29, 0.717) is 37.8 Å². The van der Waals surface area contributed by atoms with E-state index in [-0.39, 0.29) is 11.8 Å². The van der Waals surface area contributed by atoms with Gasteiger partial charge in [0, 0.05) is 38.8 Å². The lowest BCUT2D eigenvalue weighted by Crippen LogP contribution is -2.50. The molecule has 0 saturated carbocycles. The van der Waals surface area contributed by atoms with Crippen molar-refractivity contribution in [3.63, 3.8) is 0 Å². The smallest absolute Gasteiger partial charge is 0.272 e. The third-order valence-corrected chi connectivity index (χ3v) is 4.86. The number of carbonyl (C=O) groups is 2. The molecule has 2 amide bonds. The minimum absolute atomic E-state index is 0.0529. The van der Waals surface area contributed by atoms with Gasteiger partial charge in [-0.3, -0.25) is 9.59 Å². The van der Waals surface area contributed by atoms with E-state index in [0.717, 1.165) is 11.4 Å². The van der Waals surface area contributed by atoms with Crippen molar-refractivity contribution in [2.24, 2.45) is 0 Å². The van der Waals surface area contributed by atoms with Crippen LogP contribution in [0.2, 0.25) is 0 Å². The fraction of sp³-hybridized carbons (Fsp3) is 0.381. The summed E-state index contributed by atoms with van der Waals surface area (Å²) >= 11 is 0. The number of piperazine rings is 1. The molecule has 0 bridgehead atoms. The molecule has 1 aromatic heterocycles. The second-order valence-corrected chi connectivity index (χ2v) is 7.13. The Labute approximate surface area is 160 Å². The first-order valence-corrected chi connectivity index (χ1v) is 9.32. The molecule has 0 radical (unpaired) electrons. The van der Waals surface area contributed by atoms with Gasteiger partial charge in [-0.15, -0.1) is 0 Å². The summed E-state index contributed by atoms with van der Waals surface area (Å²) in [6, 6.07) is 11.9. The lowest BCUT2D eigenvalue weighted by Gasteiger charge is -2.34. The van der Waals surface area contributed by atoms with Gasteiger partial charge >= 0.3 is 0 Å². The maximum Gasteiger partial charge on any atom is 0.272 e. The van der Waals surface area contributed by atoms with Crippen molar-refractivity contribution in [3.8, 4) is 0 Å². The first kappa shape index (κ1) is 18.9. The van der Waals surface area contributed by atoms with Crippen LogP contribution in [0, 0.1) is 0 Å². The van der Waals surface area contributed by atoms with Gasteiger partial charge in [0.1, 0.15) is 5.69 Å². The number of hydrogen-bond acceptors (Lipinski definition) is 4. The molecule has 3 rings (SSSR count). The first-order chi connectivity index (χ1) is 12.9. The molecule has 1 saturated heterocycles. The van der Waals surface area contributed by atoms with Crippen LogP contribution in [-0.4, -0.2) is 52.8 Å². The van der Waals surface area contributed by atoms with E-state index in [4.69, 9.17) is 0 Å². The van der Waals surface area contributed by atoms with Crippen LogP contribution in [0.15, 0.2) is 42.6 Å². The Bertz CT molecular complexity index is 792. The van der Waals surface area contributed by atoms with E-state index >= 15 is 0 Å². The summed E-state index contributed by atoms with van der Waals surface area (Å²) in [4.78, 5) is 31.8. The number of anilines is 2.